The van der Waals surface area contributed by atoms with Gasteiger partial charge in [-0.3, -0.25) is 9.79 Å². The highest BCUT2D eigenvalue weighted by atomic mass is 16.5. The average Bonchev–Trinajstić information content (AvgIpc) is 3.34. The molecule has 0 unspecified atom stereocenters. The molecule has 1 aromatic carbocycles. The third-order valence-electron chi connectivity index (χ3n) is 5.29. The van der Waals surface area contributed by atoms with Gasteiger partial charge in [-0.1, -0.05) is 43.3 Å². The number of nitrogens with zero attached hydrogens (tertiary/aromatic N) is 3. The Bertz CT molecular complexity index is 820. The van der Waals surface area contributed by atoms with Gasteiger partial charge in [-0.2, -0.15) is 0 Å². The number of nitrogens with one attached hydrogen (secondary N) is 2. The van der Waals surface area contributed by atoms with Crippen LogP contribution in [0.5, 0.6) is 0 Å². The number of aliphatic imine (C=N–C) groups is 1. The van der Waals surface area contributed by atoms with Crippen molar-refractivity contribution in [3.63, 3.8) is 0 Å². The molecular weight excluding hydrogens is 366 g/mol. The van der Waals surface area contributed by atoms with E-state index in [0.29, 0.717) is 26.1 Å². The van der Waals surface area contributed by atoms with Gasteiger partial charge in [-0.05, 0) is 24.0 Å². The molecule has 1 aromatic heterocycles. The Morgan fingerprint density at radius 2 is 1.86 bits per heavy atom. The molecule has 0 atom stereocenters. The molecule has 1 aliphatic rings. The monoisotopic (exact) mass is 397 g/mol. The van der Waals surface area contributed by atoms with Crippen molar-refractivity contribution in [2.75, 3.05) is 13.6 Å². The fraction of sp³-hybridized carbons (Fsp3) is 0.500. The summed E-state index contributed by atoms with van der Waals surface area (Å²) >= 11 is 0. The second-order valence-electron chi connectivity index (χ2n) is 7.25. The normalized spacial score (nSPS) is 14.5. The van der Waals surface area contributed by atoms with Crippen molar-refractivity contribution in [1.29, 1.82) is 0 Å². The third-order valence-corrected chi connectivity index (χ3v) is 5.29. The van der Waals surface area contributed by atoms with Gasteiger partial charge in [0, 0.05) is 51.6 Å². The van der Waals surface area contributed by atoms with Crippen LogP contribution in [-0.4, -0.2) is 35.5 Å². The fourth-order valence-electron chi connectivity index (χ4n) is 3.57. The van der Waals surface area contributed by atoms with Crippen LogP contribution in [0.4, 0.5) is 0 Å². The number of carbonyl (C=O) groups is 1. The second kappa shape index (κ2) is 10.1. The number of amides is 1. The number of guanidine groups is 1. The molecule has 0 bridgehead atoms. The molecular formula is C22H31N5O2. The average molecular weight is 398 g/mol. The van der Waals surface area contributed by atoms with Crippen LogP contribution in [0.3, 0.4) is 0 Å². The zero-order valence-electron chi connectivity index (χ0n) is 17.6. The zero-order chi connectivity index (χ0) is 20.6. The number of rotatable bonds is 8. The van der Waals surface area contributed by atoms with Crippen molar-refractivity contribution < 1.29 is 9.32 Å². The molecule has 7 heteroatoms. The summed E-state index contributed by atoms with van der Waals surface area (Å²) in [4.78, 5) is 18.0. The number of likely N-dealkylation sites (tertiary alicyclic amines) is 1. The minimum absolute atomic E-state index is 0.260. The van der Waals surface area contributed by atoms with Gasteiger partial charge in [0.15, 0.2) is 5.96 Å². The Morgan fingerprint density at radius 1 is 1.14 bits per heavy atom. The molecule has 0 saturated carbocycles. The number of aryl methyl sites for hydroxylation is 2. The van der Waals surface area contributed by atoms with Gasteiger partial charge < -0.3 is 20.1 Å². The first kappa shape index (κ1) is 20.9. The van der Waals surface area contributed by atoms with E-state index in [1.165, 1.54) is 0 Å². The van der Waals surface area contributed by atoms with E-state index in [1.54, 1.807) is 7.05 Å². The van der Waals surface area contributed by atoms with Crippen LogP contribution in [0, 0.1) is 0 Å². The van der Waals surface area contributed by atoms with Crippen molar-refractivity contribution >= 4 is 11.9 Å². The first-order chi connectivity index (χ1) is 14.1. The smallest absolute Gasteiger partial charge is 0.222 e. The largest absolute Gasteiger partial charge is 0.361 e. The van der Waals surface area contributed by atoms with E-state index in [-0.39, 0.29) is 5.91 Å². The van der Waals surface area contributed by atoms with Gasteiger partial charge in [0.25, 0.3) is 0 Å². The van der Waals surface area contributed by atoms with Gasteiger partial charge in [-0.25, -0.2) is 0 Å². The lowest BCUT2D eigenvalue weighted by molar-refractivity contribution is -0.128. The van der Waals surface area contributed by atoms with Crippen LogP contribution in [0.15, 0.2) is 33.8 Å². The van der Waals surface area contributed by atoms with Gasteiger partial charge in [0.05, 0.1) is 5.69 Å². The number of hydrogen-bond donors (Lipinski definition) is 2. The van der Waals surface area contributed by atoms with E-state index in [9.17, 15) is 4.79 Å². The lowest BCUT2D eigenvalue weighted by atomic mass is 10.1. The highest BCUT2D eigenvalue weighted by molar-refractivity contribution is 5.79. The highest BCUT2D eigenvalue weighted by Crippen LogP contribution is 2.16. The summed E-state index contributed by atoms with van der Waals surface area (Å²) in [6.45, 7) is 7.03. The third kappa shape index (κ3) is 5.37. The van der Waals surface area contributed by atoms with E-state index in [0.717, 1.165) is 59.9 Å². The Morgan fingerprint density at radius 3 is 2.48 bits per heavy atom. The van der Waals surface area contributed by atoms with Crippen molar-refractivity contribution in [3.05, 3.63) is 52.4 Å². The van der Waals surface area contributed by atoms with E-state index in [1.807, 2.05) is 4.90 Å². The Hall–Kier alpha value is -2.83. The second-order valence-corrected chi connectivity index (χ2v) is 7.25. The summed E-state index contributed by atoms with van der Waals surface area (Å²) in [7, 11) is 1.76. The van der Waals surface area contributed by atoms with Crippen LogP contribution in [0.25, 0.3) is 0 Å². The molecule has 29 heavy (non-hydrogen) atoms. The number of aromatic nitrogens is 1. The first-order valence-corrected chi connectivity index (χ1v) is 10.4. The van der Waals surface area contributed by atoms with Crippen LogP contribution in [0.2, 0.25) is 0 Å². The SMILES string of the molecule is CCc1noc(CC)c1CNC(=NC)NCc1ccc(CN2CCCC2=O)cc1. The Labute approximate surface area is 172 Å². The van der Waals surface area contributed by atoms with E-state index >= 15 is 0 Å². The summed E-state index contributed by atoms with van der Waals surface area (Å²) in [6, 6.07) is 8.38. The molecule has 0 spiro atoms. The van der Waals surface area contributed by atoms with Crippen LogP contribution >= 0.6 is 0 Å². The van der Waals surface area contributed by atoms with E-state index in [4.69, 9.17) is 4.52 Å². The summed E-state index contributed by atoms with van der Waals surface area (Å²) < 4.78 is 5.42. The minimum atomic E-state index is 0.260. The maximum absolute atomic E-state index is 11.8. The number of hydrogen-bond acceptors (Lipinski definition) is 4. The quantitative estimate of drug-likeness (QED) is 0.529. The molecule has 1 aliphatic heterocycles. The van der Waals surface area contributed by atoms with Gasteiger partial charge in [-0.15, -0.1) is 0 Å². The Balaban J connectivity index is 1.50. The van der Waals surface area contributed by atoms with Crippen LogP contribution in [0.1, 0.15) is 54.8 Å². The molecule has 7 nitrogen and oxygen atoms in total. The number of benzene rings is 1. The minimum Gasteiger partial charge on any atom is -0.361 e. The summed E-state index contributed by atoms with van der Waals surface area (Å²) in [5.41, 5.74) is 4.45. The molecule has 0 radical (unpaired) electrons. The summed E-state index contributed by atoms with van der Waals surface area (Å²) in [5, 5.41) is 10.8. The molecule has 156 valence electrons. The zero-order valence-corrected chi connectivity index (χ0v) is 17.6. The molecule has 2 aromatic rings. The maximum Gasteiger partial charge on any atom is 0.222 e. The number of carbonyl (C=O) groups excluding carboxylic acids is 1. The van der Waals surface area contributed by atoms with E-state index < -0.39 is 0 Å². The van der Waals surface area contributed by atoms with Crippen LogP contribution < -0.4 is 10.6 Å². The standard InChI is InChI=1S/C22H31N5O2/c1-4-19-18(20(5-2)29-26-19)14-25-22(23-3)24-13-16-8-10-17(11-9-16)15-27-12-6-7-21(27)28/h8-11H,4-7,12-15H2,1-3H3,(H2,23,24,25). The molecule has 1 amide bonds. The van der Waals surface area contributed by atoms with E-state index in [2.05, 4.69) is 58.9 Å². The van der Waals surface area contributed by atoms with Crippen molar-refractivity contribution in [2.45, 2.75) is 59.2 Å². The lowest BCUT2D eigenvalue weighted by Crippen LogP contribution is -2.36. The van der Waals surface area contributed by atoms with Gasteiger partial charge >= 0.3 is 0 Å². The predicted octanol–water partition coefficient (Wildman–Crippen LogP) is 2.79. The molecule has 1 saturated heterocycles. The maximum atomic E-state index is 11.8. The first-order valence-electron chi connectivity index (χ1n) is 10.4. The topological polar surface area (TPSA) is 82.8 Å². The molecule has 2 heterocycles. The molecule has 3 rings (SSSR count). The van der Waals surface area contributed by atoms with Crippen molar-refractivity contribution in [3.8, 4) is 0 Å². The molecule has 1 fully saturated rings. The van der Waals surface area contributed by atoms with Crippen molar-refractivity contribution in [2.24, 2.45) is 4.99 Å². The van der Waals surface area contributed by atoms with Gasteiger partial charge in [0.1, 0.15) is 5.76 Å². The van der Waals surface area contributed by atoms with Gasteiger partial charge in [0.2, 0.25) is 5.91 Å². The molecule has 2 N–H and O–H groups in total. The summed E-state index contributed by atoms with van der Waals surface area (Å²) in [5.74, 6) is 1.93. The highest BCUT2D eigenvalue weighted by Gasteiger charge is 2.19. The van der Waals surface area contributed by atoms with Crippen molar-refractivity contribution in [1.82, 2.24) is 20.7 Å². The predicted molar refractivity (Wildman–Crippen MR) is 113 cm³/mol. The molecule has 0 aliphatic carbocycles. The Kier molecular flexibility index (Phi) is 7.27. The lowest BCUT2D eigenvalue weighted by Gasteiger charge is -2.16. The summed E-state index contributed by atoms with van der Waals surface area (Å²) in [6.07, 6.45) is 3.33. The van der Waals surface area contributed by atoms with Crippen LogP contribution in [-0.2, 0) is 37.3 Å². The fourth-order valence-corrected chi connectivity index (χ4v) is 3.57.